The Hall–Kier alpha value is -0.570. The van der Waals surface area contributed by atoms with E-state index in [1.165, 1.54) is 25.7 Å². The lowest BCUT2D eigenvalue weighted by Crippen LogP contribution is -2.45. The third kappa shape index (κ3) is 2.17. The van der Waals surface area contributed by atoms with E-state index in [1.54, 1.807) is 0 Å². The highest BCUT2D eigenvalue weighted by Crippen LogP contribution is 2.33. The van der Waals surface area contributed by atoms with Gasteiger partial charge < -0.3 is 4.90 Å². The van der Waals surface area contributed by atoms with Crippen molar-refractivity contribution in [1.82, 2.24) is 10.2 Å². The summed E-state index contributed by atoms with van der Waals surface area (Å²) in [5.74, 6) is 1.71. The van der Waals surface area contributed by atoms with E-state index in [1.807, 2.05) is 0 Å². The molecule has 1 N–H and O–H groups in total. The first-order valence-corrected chi connectivity index (χ1v) is 6.20. The molecule has 0 spiro atoms. The standard InChI is InChI=1S/C12H22N2O/c1-9(2)10-5-3-4-6-11(10)14-8-13-7-12(14)15/h9-11,13H,3-8H2,1-2H3. The quantitative estimate of drug-likeness (QED) is 0.750. The minimum absolute atomic E-state index is 0.299. The lowest BCUT2D eigenvalue weighted by Gasteiger charge is -2.39. The average Bonchev–Trinajstić information content (AvgIpc) is 2.64. The SMILES string of the molecule is CC(C)C1CCCCC1N1CNCC1=O. The van der Waals surface area contributed by atoms with Gasteiger partial charge >= 0.3 is 0 Å². The Balaban J connectivity index is 2.06. The Kier molecular flexibility index (Phi) is 3.29. The van der Waals surface area contributed by atoms with Crippen LogP contribution in [0.15, 0.2) is 0 Å². The molecule has 2 atom stereocenters. The molecule has 1 aliphatic carbocycles. The number of nitrogens with zero attached hydrogens (tertiary/aromatic N) is 1. The molecule has 1 aliphatic heterocycles. The normalized spacial score (nSPS) is 32.7. The predicted molar refractivity (Wildman–Crippen MR) is 60.3 cm³/mol. The van der Waals surface area contributed by atoms with Crippen LogP contribution in [0.3, 0.4) is 0 Å². The number of rotatable bonds is 2. The maximum absolute atomic E-state index is 11.7. The van der Waals surface area contributed by atoms with E-state index in [-0.39, 0.29) is 0 Å². The van der Waals surface area contributed by atoms with Gasteiger partial charge in [0.05, 0.1) is 13.2 Å². The van der Waals surface area contributed by atoms with E-state index < -0.39 is 0 Å². The van der Waals surface area contributed by atoms with Gasteiger partial charge in [-0.05, 0) is 24.7 Å². The van der Waals surface area contributed by atoms with Crippen molar-refractivity contribution in [3.63, 3.8) is 0 Å². The van der Waals surface area contributed by atoms with Gasteiger partial charge in [-0.1, -0.05) is 26.7 Å². The second-order valence-electron chi connectivity index (χ2n) is 5.21. The van der Waals surface area contributed by atoms with Gasteiger partial charge in [-0.3, -0.25) is 10.1 Å². The molecule has 0 aromatic carbocycles. The van der Waals surface area contributed by atoms with E-state index in [0.717, 1.165) is 6.67 Å². The number of carbonyl (C=O) groups is 1. The molecule has 1 heterocycles. The number of amides is 1. The molecule has 0 bridgehead atoms. The van der Waals surface area contributed by atoms with E-state index in [4.69, 9.17) is 0 Å². The van der Waals surface area contributed by atoms with Crippen LogP contribution in [0.2, 0.25) is 0 Å². The first-order chi connectivity index (χ1) is 7.20. The zero-order valence-corrected chi connectivity index (χ0v) is 9.83. The summed E-state index contributed by atoms with van der Waals surface area (Å²) in [6.45, 7) is 5.89. The summed E-state index contributed by atoms with van der Waals surface area (Å²) in [5.41, 5.74) is 0. The van der Waals surface area contributed by atoms with Crippen LogP contribution in [0.5, 0.6) is 0 Å². The molecule has 2 unspecified atom stereocenters. The highest BCUT2D eigenvalue weighted by Gasteiger charge is 2.35. The molecule has 1 saturated carbocycles. The first-order valence-electron chi connectivity index (χ1n) is 6.20. The molecule has 2 aliphatic rings. The van der Waals surface area contributed by atoms with Crippen molar-refractivity contribution in [2.24, 2.45) is 11.8 Å². The van der Waals surface area contributed by atoms with Crippen LogP contribution in [-0.4, -0.2) is 30.1 Å². The number of hydrogen-bond donors (Lipinski definition) is 1. The fraction of sp³-hybridized carbons (Fsp3) is 0.917. The fourth-order valence-corrected chi connectivity index (χ4v) is 3.08. The van der Waals surface area contributed by atoms with Crippen LogP contribution < -0.4 is 5.32 Å². The third-order valence-electron chi connectivity index (χ3n) is 3.92. The summed E-state index contributed by atoms with van der Waals surface area (Å²) in [6, 6.07) is 0.501. The molecule has 0 radical (unpaired) electrons. The number of carbonyl (C=O) groups excluding carboxylic acids is 1. The van der Waals surface area contributed by atoms with Gasteiger partial charge in [0.2, 0.25) is 5.91 Å². The molecule has 3 nitrogen and oxygen atoms in total. The van der Waals surface area contributed by atoms with Gasteiger partial charge in [-0.15, -0.1) is 0 Å². The van der Waals surface area contributed by atoms with Crippen molar-refractivity contribution >= 4 is 5.91 Å². The number of nitrogens with one attached hydrogen (secondary N) is 1. The van der Waals surface area contributed by atoms with Crippen molar-refractivity contribution in [1.29, 1.82) is 0 Å². The summed E-state index contributed by atoms with van der Waals surface area (Å²) in [7, 11) is 0. The summed E-state index contributed by atoms with van der Waals surface area (Å²) in [6.07, 6.45) is 5.13. The molecule has 1 amide bonds. The minimum Gasteiger partial charge on any atom is -0.326 e. The van der Waals surface area contributed by atoms with Crippen molar-refractivity contribution in [3.05, 3.63) is 0 Å². The van der Waals surface area contributed by atoms with Crippen molar-refractivity contribution in [2.45, 2.75) is 45.6 Å². The van der Waals surface area contributed by atoms with Crippen LogP contribution in [0, 0.1) is 11.8 Å². The Bertz CT molecular complexity index is 240. The van der Waals surface area contributed by atoms with E-state index in [0.29, 0.717) is 30.3 Å². The molecule has 0 aromatic heterocycles. The molecule has 1 saturated heterocycles. The lowest BCUT2D eigenvalue weighted by molar-refractivity contribution is -0.130. The van der Waals surface area contributed by atoms with Crippen LogP contribution in [0.1, 0.15) is 39.5 Å². The Labute approximate surface area is 92.2 Å². The minimum atomic E-state index is 0.299. The summed E-state index contributed by atoms with van der Waals surface area (Å²) in [5, 5.41) is 3.16. The first kappa shape index (κ1) is 10.9. The van der Waals surface area contributed by atoms with Gasteiger partial charge in [0.25, 0.3) is 0 Å². The third-order valence-corrected chi connectivity index (χ3v) is 3.92. The van der Waals surface area contributed by atoms with Crippen molar-refractivity contribution < 1.29 is 4.79 Å². The Morgan fingerprint density at radius 1 is 1.33 bits per heavy atom. The highest BCUT2D eigenvalue weighted by molar-refractivity contribution is 5.80. The van der Waals surface area contributed by atoms with E-state index >= 15 is 0 Å². The highest BCUT2D eigenvalue weighted by atomic mass is 16.2. The fourth-order valence-electron chi connectivity index (χ4n) is 3.08. The van der Waals surface area contributed by atoms with Gasteiger partial charge in [0.15, 0.2) is 0 Å². The van der Waals surface area contributed by atoms with E-state index in [9.17, 15) is 4.79 Å². The molecular formula is C12H22N2O. The molecule has 2 fully saturated rings. The van der Waals surface area contributed by atoms with Crippen LogP contribution in [-0.2, 0) is 4.79 Å². The maximum atomic E-state index is 11.7. The topological polar surface area (TPSA) is 32.3 Å². The van der Waals surface area contributed by atoms with Crippen LogP contribution >= 0.6 is 0 Å². The Morgan fingerprint density at radius 2 is 2.07 bits per heavy atom. The van der Waals surface area contributed by atoms with Crippen LogP contribution in [0.4, 0.5) is 0 Å². The average molecular weight is 210 g/mol. The summed E-state index contributed by atoms with van der Waals surface area (Å²) < 4.78 is 0. The van der Waals surface area contributed by atoms with Gasteiger partial charge in [0, 0.05) is 6.04 Å². The van der Waals surface area contributed by atoms with Crippen molar-refractivity contribution in [2.75, 3.05) is 13.2 Å². The van der Waals surface area contributed by atoms with Crippen LogP contribution in [0.25, 0.3) is 0 Å². The smallest absolute Gasteiger partial charge is 0.237 e. The molecule has 2 rings (SSSR count). The molecular weight excluding hydrogens is 188 g/mol. The van der Waals surface area contributed by atoms with E-state index in [2.05, 4.69) is 24.1 Å². The molecule has 86 valence electrons. The molecule has 3 heteroatoms. The second-order valence-corrected chi connectivity index (χ2v) is 5.21. The van der Waals surface area contributed by atoms with Gasteiger partial charge in [-0.25, -0.2) is 0 Å². The second kappa shape index (κ2) is 4.52. The zero-order chi connectivity index (χ0) is 10.8. The predicted octanol–water partition coefficient (Wildman–Crippen LogP) is 1.59. The van der Waals surface area contributed by atoms with Crippen molar-refractivity contribution in [3.8, 4) is 0 Å². The van der Waals surface area contributed by atoms with Gasteiger partial charge in [0.1, 0.15) is 0 Å². The monoisotopic (exact) mass is 210 g/mol. The Morgan fingerprint density at radius 3 is 2.67 bits per heavy atom. The summed E-state index contributed by atoms with van der Waals surface area (Å²) in [4.78, 5) is 13.8. The maximum Gasteiger partial charge on any atom is 0.237 e. The lowest BCUT2D eigenvalue weighted by atomic mass is 9.77. The summed E-state index contributed by atoms with van der Waals surface area (Å²) >= 11 is 0. The largest absolute Gasteiger partial charge is 0.326 e. The zero-order valence-electron chi connectivity index (χ0n) is 9.83. The van der Waals surface area contributed by atoms with Gasteiger partial charge in [-0.2, -0.15) is 0 Å². The molecule has 15 heavy (non-hydrogen) atoms. The molecule has 0 aromatic rings. The number of hydrogen-bond acceptors (Lipinski definition) is 2.